The van der Waals surface area contributed by atoms with Gasteiger partial charge in [0.2, 0.25) is 5.89 Å². The maximum Gasteiger partial charge on any atom is 0.437 e. The van der Waals surface area contributed by atoms with E-state index < -0.39 is 5.76 Å². The third kappa shape index (κ3) is 3.13. The standard InChI is InChI=1S/C19H17BrN6O3/c1-24-9-21-17-16(24)18(27)25(10-22-17)8-15-23-26(19(28)29-15)14-6-12(7-14)11-2-4-13(20)5-3-11/h2-5,9-10,12,14H,6-8H2,1H3. The molecule has 0 bridgehead atoms. The van der Waals surface area contributed by atoms with E-state index in [0.29, 0.717) is 17.1 Å². The van der Waals surface area contributed by atoms with E-state index in [1.54, 1.807) is 11.6 Å². The summed E-state index contributed by atoms with van der Waals surface area (Å²) >= 11 is 3.44. The van der Waals surface area contributed by atoms with Crippen LogP contribution < -0.4 is 11.3 Å². The second-order valence-corrected chi connectivity index (χ2v) is 8.20. The highest BCUT2D eigenvalue weighted by Gasteiger charge is 2.34. The van der Waals surface area contributed by atoms with Crippen LogP contribution in [0.1, 0.15) is 36.3 Å². The van der Waals surface area contributed by atoms with E-state index in [2.05, 4.69) is 43.1 Å². The minimum Gasteiger partial charge on any atom is -0.390 e. The number of aryl methyl sites for hydroxylation is 1. The molecule has 148 valence electrons. The fourth-order valence-corrected chi connectivity index (χ4v) is 4.01. The van der Waals surface area contributed by atoms with Crippen LogP contribution in [0.15, 0.2) is 55.4 Å². The molecular weight excluding hydrogens is 440 g/mol. The van der Waals surface area contributed by atoms with Gasteiger partial charge in [-0.25, -0.2) is 14.8 Å². The third-order valence-corrected chi connectivity index (χ3v) is 5.95. The first-order valence-electron chi connectivity index (χ1n) is 9.20. The summed E-state index contributed by atoms with van der Waals surface area (Å²) in [4.78, 5) is 33.1. The van der Waals surface area contributed by atoms with Gasteiger partial charge in [0.15, 0.2) is 11.2 Å². The van der Waals surface area contributed by atoms with Crippen molar-refractivity contribution in [3.8, 4) is 0 Å². The molecule has 0 spiro atoms. The molecule has 0 amide bonds. The molecule has 0 unspecified atom stereocenters. The monoisotopic (exact) mass is 456 g/mol. The van der Waals surface area contributed by atoms with Gasteiger partial charge in [0.25, 0.3) is 5.56 Å². The lowest BCUT2D eigenvalue weighted by molar-refractivity contribution is 0.233. The molecule has 1 aliphatic carbocycles. The van der Waals surface area contributed by atoms with E-state index >= 15 is 0 Å². The Morgan fingerprint density at radius 1 is 1.14 bits per heavy atom. The van der Waals surface area contributed by atoms with E-state index in [4.69, 9.17) is 4.42 Å². The van der Waals surface area contributed by atoms with Gasteiger partial charge in [-0.1, -0.05) is 28.1 Å². The molecule has 0 atom stereocenters. The Bertz CT molecular complexity index is 1310. The number of halogens is 1. The summed E-state index contributed by atoms with van der Waals surface area (Å²) in [6.07, 6.45) is 4.59. The van der Waals surface area contributed by atoms with Crippen LogP contribution in [0.5, 0.6) is 0 Å². The van der Waals surface area contributed by atoms with Gasteiger partial charge in [0, 0.05) is 11.5 Å². The first-order chi connectivity index (χ1) is 14.0. The summed E-state index contributed by atoms with van der Waals surface area (Å²) < 4.78 is 10.7. The molecule has 9 nitrogen and oxygen atoms in total. The molecule has 4 aromatic rings. The lowest BCUT2D eigenvalue weighted by Crippen LogP contribution is -2.31. The minimum absolute atomic E-state index is 0.00282. The summed E-state index contributed by atoms with van der Waals surface area (Å²) in [6.45, 7) is 0.0397. The zero-order valence-electron chi connectivity index (χ0n) is 15.5. The lowest BCUT2D eigenvalue weighted by Gasteiger charge is -2.34. The number of hydrogen-bond donors (Lipinski definition) is 0. The number of hydrogen-bond acceptors (Lipinski definition) is 6. The molecule has 0 N–H and O–H groups in total. The first kappa shape index (κ1) is 18.0. The molecule has 1 aromatic carbocycles. The smallest absolute Gasteiger partial charge is 0.390 e. The molecule has 0 radical (unpaired) electrons. The van der Waals surface area contributed by atoms with Crippen molar-refractivity contribution in [2.75, 3.05) is 0 Å². The van der Waals surface area contributed by atoms with Crippen LogP contribution >= 0.6 is 15.9 Å². The number of nitrogens with zero attached hydrogens (tertiary/aromatic N) is 6. The highest BCUT2D eigenvalue weighted by atomic mass is 79.9. The maximum absolute atomic E-state index is 12.6. The van der Waals surface area contributed by atoms with E-state index in [-0.39, 0.29) is 24.0 Å². The van der Waals surface area contributed by atoms with Gasteiger partial charge in [-0.3, -0.25) is 9.36 Å². The number of imidazole rings is 1. The lowest BCUT2D eigenvalue weighted by atomic mass is 9.76. The summed E-state index contributed by atoms with van der Waals surface area (Å²) in [5, 5.41) is 4.32. The van der Waals surface area contributed by atoms with E-state index in [9.17, 15) is 9.59 Å². The maximum atomic E-state index is 12.6. The molecule has 0 saturated heterocycles. The topological polar surface area (TPSA) is 101 Å². The molecule has 1 fully saturated rings. The average molecular weight is 457 g/mol. The van der Waals surface area contributed by atoms with Gasteiger partial charge in [-0.2, -0.15) is 4.68 Å². The molecular formula is C19H17BrN6O3. The van der Waals surface area contributed by atoms with Crippen molar-refractivity contribution in [2.24, 2.45) is 7.05 Å². The van der Waals surface area contributed by atoms with Crippen LogP contribution in [-0.4, -0.2) is 28.9 Å². The van der Waals surface area contributed by atoms with E-state index in [1.165, 1.54) is 27.5 Å². The van der Waals surface area contributed by atoms with Crippen LogP contribution in [0.3, 0.4) is 0 Å². The van der Waals surface area contributed by atoms with Crippen molar-refractivity contribution in [2.45, 2.75) is 31.3 Å². The van der Waals surface area contributed by atoms with Gasteiger partial charge < -0.3 is 8.98 Å². The van der Waals surface area contributed by atoms with Crippen LogP contribution in [0.2, 0.25) is 0 Å². The largest absolute Gasteiger partial charge is 0.437 e. The first-order valence-corrected chi connectivity index (χ1v) is 9.99. The Hall–Kier alpha value is -3.01. The molecule has 3 aromatic heterocycles. The normalized spacial score (nSPS) is 18.8. The van der Waals surface area contributed by atoms with Gasteiger partial charge >= 0.3 is 5.76 Å². The Labute approximate surface area is 172 Å². The van der Waals surface area contributed by atoms with Crippen LogP contribution in [0.4, 0.5) is 0 Å². The second kappa shape index (κ2) is 6.80. The third-order valence-electron chi connectivity index (χ3n) is 5.42. The highest BCUT2D eigenvalue weighted by molar-refractivity contribution is 9.10. The summed E-state index contributed by atoms with van der Waals surface area (Å²) in [7, 11) is 1.73. The van der Waals surface area contributed by atoms with Crippen LogP contribution in [0, 0.1) is 0 Å². The molecule has 1 saturated carbocycles. The fraction of sp³-hybridized carbons (Fsp3) is 0.316. The van der Waals surface area contributed by atoms with Gasteiger partial charge in [-0.05, 0) is 36.5 Å². The molecule has 10 heteroatoms. The minimum atomic E-state index is -0.498. The molecule has 0 aliphatic heterocycles. The van der Waals surface area contributed by atoms with Crippen LogP contribution in [-0.2, 0) is 13.6 Å². The van der Waals surface area contributed by atoms with Crippen molar-refractivity contribution in [3.05, 3.63) is 73.8 Å². The summed E-state index contributed by atoms with van der Waals surface area (Å²) in [5.41, 5.74) is 1.77. The van der Waals surface area contributed by atoms with Gasteiger partial charge in [0.1, 0.15) is 12.9 Å². The van der Waals surface area contributed by atoms with Crippen molar-refractivity contribution >= 4 is 27.1 Å². The Balaban J connectivity index is 1.35. The Kier molecular flexibility index (Phi) is 4.23. The van der Waals surface area contributed by atoms with E-state index in [0.717, 1.165) is 17.3 Å². The molecule has 1 aliphatic rings. The number of fused-ring (bicyclic) bond motifs is 1. The van der Waals surface area contributed by atoms with Crippen molar-refractivity contribution < 1.29 is 4.42 Å². The zero-order valence-corrected chi connectivity index (χ0v) is 17.1. The predicted molar refractivity (Wildman–Crippen MR) is 108 cm³/mol. The van der Waals surface area contributed by atoms with E-state index in [1.807, 2.05) is 12.1 Å². The van der Waals surface area contributed by atoms with Gasteiger partial charge in [0.05, 0.1) is 12.4 Å². The Morgan fingerprint density at radius 3 is 2.62 bits per heavy atom. The SMILES string of the molecule is Cn1cnc2ncn(Cc3nn(C4CC(c5ccc(Br)cc5)C4)c(=O)o3)c(=O)c21. The molecule has 3 heterocycles. The summed E-state index contributed by atoms with van der Waals surface area (Å²) in [5.74, 6) is 0.0913. The predicted octanol–water partition coefficient (Wildman–Crippen LogP) is 2.21. The van der Waals surface area contributed by atoms with Gasteiger partial charge in [-0.15, -0.1) is 5.10 Å². The molecule has 29 heavy (non-hydrogen) atoms. The number of aromatic nitrogens is 6. The zero-order chi connectivity index (χ0) is 20.1. The number of rotatable bonds is 4. The number of benzene rings is 1. The van der Waals surface area contributed by atoms with Crippen molar-refractivity contribution in [3.63, 3.8) is 0 Å². The Morgan fingerprint density at radius 2 is 1.86 bits per heavy atom. The highest BCUT2D eigenvalue weighted by Crippen LogP contribution is 2.43. The van der Waals surface area contributed by atoms with Crippen LogP contribution in [0.25, 0.3) is 11.2 Å². The molecule has 5 rings (SSSR count). The second-order valence-electron chi connectivity index (χ2n) is 7.29. The van der Waals surface area contributed by atoms with Crippen molar-refractivity contribution in [1.29, 1.82) is 0 Å². The summed E-state index contributed by atoms with van der Waals surface area (Å²) in [6, 6.07) is 8.23. The fourth-order valence-electron chi connectivity index (χ4n) is 3.75. The quantitative estimate of drug-likeness (QED) is 0.466. The average Bonchev–Trinajstić information content (AvgIpc) is 3.21. The van der Waals surface area contributed by atoms with Crippen molar-refractivity contribution in [1.82, 2.24) is 28.9 Å².